The van der Waals surface area contributed by atoms with E-state index in [1.807, 2.05) is 30.4 Å². The predicted molar refractivity (Wildman–Crippen MR) is 126 cm³/mol. The number of methoxy groups -OCH3 is 2. The summed E-state index contributed by atoms with van der Waals surface area (Å²) in [5.74, 6) is 0.366. The quantitative estimate of drug-likeness (QED) is 0.603. The highest BCUT2D eigenvalue weighted by molar-refractivity contribution is 6.03. The highest BCUT2D eigenvalue weighted by Crippen LogP contribution is 2.32. The molecule has 1 aliphatic heterocycles. The molecule has 2 heterocycles. The molecule has 0 spiro atoms. The van der Waals surface area contributed by atoms with Crippen LogP contribution in [0.4, 0.5) is 5.69 Å². The molecule has 33 heavy (non-hydrogen) atoms. The third kappa shape index (κ3) is 4.64. The second kappa shape index (κ2) is 9.44. The fraction of sp³-hybridized carbons (Fsp3) is 0.160. The summed E-state index contributed by atoms with van der Waals surface area (Å²) in [4.78, 5) is 24.1. The Kier molecular flexibility index (Phi) is 6.26. The van der Waals surface area contributed by atoms with Gasteiger partial charge < -0.3 is 20.5 Å². The summed E-state index contributed by atoms with van der Waals surface area (Å²) in [7, 11) is 3.18. The maximum atomic E-state index is 12.9. The van der Waals surface area contributed by atoms with Gasteiger partial charge in [0.25, 0.3) is 5.91 Å². The molecule has 8 heteroatoms. The van der Waals surface area contributed by atoms with Crippen LogP contribution in [0.3, 0.4) is 0 Å². The van der Waals surface area contributed by atoms with E-state index in [9.17, 15) is 9.59 Å². The van der Waals surface area contributed by atoms with Crippen LogP contribution in [-0.2, 0) is 6.42 Å². The molecule has 3 N–H and O–H groups in total. The van der Waals surface area contributed by atoms with Gasteiger partial charge in [-0.05, 0) is 67.4 Å². The molecule has 0 saturated carbocycles. The number of hydrogen-bond acceptors (Lipinski definition) is 5. The molecule has 4 rings (SSSR count). The molecule has 3 aromatic rings. The van der Waals surface area contributed by atoms with E-state index in [2.05, 4.69) is 16.5 Å². The molecule has 0 atom stereocenters. The number of carbonyl (C=O) groups excluding carboxylic acids is 2. The monoisotopic (exact) mass is 444 g/mol. The second-order valence-corrected chi connectivity index (χ2v) is 7.42. The first-order valence-corrected chi connectivity index (χ1v) is 10.4. The summed E-state index contributed by atoms with van der Waals surface area (Å²) in [5.41, 5.74) is 9.07. The van der Waals surface area contributed by atoms with E-state index in [1.165, 1.54) is 0 Å². The Labute approximate surface area is 191 Å². The standard InChI is InChI=1S/C25H24N4O4/c1-32-22-13-10-17(14-23(22)33-2)21-7-5-3-4-6-19-15-20(28-29(19)21)25(31)27-18-11-8-16(9-12-18)24(26)30/h3,5,7-15H,4,6H2,1-2H3,(H2,26,30)(H,27,31)/b5-3-,21-7-. The van der Waals surface area contributed by atoms with E-state index in [-0.39, 0.29) is 11.6 Å². The van der Waals surface area contributed by atoms with Gasteiger partial charge in [0.1, 0.15) is 0 Å². The van der Waals surface area contributed by atoms with Crippen molar-refractivity contribution in [3.63, 3.8) is 0 Å². The minimum absolute atomic E-state index is 0.289. The fourth-order valence-corrected chi connectivity index (χ4v) is 3.60. The summed E-state index contributed by atoms with van der Waals surface area (Å²) in [6.45, 7) is 0. The minimum Gasteiger partial charge on any atom is -0.493 e. The largest absolute Gasteiger partial charge is 0.493 e. The number of aromatic nitrogens is 2. The lowest BCUT2D eigenvalue weighted by atomic mass is 10.1. The smallest absolute Gasteiger partial charge is 0.276 e. The molecule has 2 amide bonds. The van der Waals surface area contributed by atoms with Gasteiger partial charge in [0.15, 0.2) is 17.2 Å². The van der Waals surface area contributed by atoms with Crippen molar-refractivity contribution in [2.24, 2.45) is 5.73 Å². The number of nitrogens with one attached hydrogen (secondary N) is 1. The topological polar surface area (TPSA) is 108 Å². The van der Waals surface area contributed by atoms with E-state index in [1.54, 1.807) is 49.2 Å². The van der Waals surface area contributed by atoms with Crippen molar-refractivity contribution in [2.75, 3.05) is 19.5 Å². The molecule has 0 fully saturated rings. The summed E-state index contributed by atoms with van der Waals surface area (Å²) in [6, 6.07) is 13.8. The third-order valence-corrected chi connectivity index (χ3v) is 5.31. The molecule has 1 aromatic heterocycles. The molecule has 0 saturated heterocycles. The molecule has 0 aliphatic carbocycles. The molecule has 0 bridgehead atoms. The first-order chi connectivity index (χ1) is 16.0. The highest BCUT2D eigenvalue weighted by Gasteiger charge is 2.19. The van der Waals surface area contributed by atoms with Gasteiger partial charge in [-0.25, -0.2) is 4.68 Å². The Bertz CT molecular complexity index is 1260. The van der Waals surface area contributed by atoms with Gasteiger partial charge >= 0.3 is 0 Å². The number of anilines is 1. The van der Waals surface area contributed by atoms with E-state index >= 15 is 0 Å². The average molecular weight is 444 g/mol. The molecule has 8 nitrogen and oxygen atoms in total. The van der Waals surface area contributed by atoms with Crippen LogP contribution in [0.25, 0.3) is 5.70 Å². The summed E-state index contributed by atoms with van der Waals surface area (Å²) in [6.07, 6.45) is 7.58. The number of amides is 2. The first-order valence-electron chi connectivity index (χ1n) is 10.4. The van der Waals surface area contributed by atoms with Crippen molar-refractivity contribution < 1.29 is 19.1 Å². The zero-order valence-electron chi connectivity index (χ0n) is 18.4. The normalized spacial score (nSPS) is 15.3. The molecule has 1 aliphatic rings. The van der Waals surface area contributed by atoms with Crippen molar-refractivity contribution in [3.05, 3.63) is 89.3 Å². The Hall–Kier alpha value is -4.33. The van der Waals surface area contributed by atoms with E-state index in [4.69, 9.17) is 15.2 Å². The van der Waals surface area contributed by atoms with Crippen molar-refractivity contribution in [2.45, 2.75) is 12.8 Å². The number of benzene rings is 2. The molecular formula is C25H24N4O4. The van der Waals surface area contributed by atoms with Crippen LogP contribution in [0.15, 0.2) is 66.8 Å². The molecule has 2 aromatic carbocycles. The van der Waals surface area contributed by atoms with E-state index < -0.39 is 5.91 Å². The molecule has 0 radical (unpaired) electrons. The lowest BCUT2D eigenvalue weighted by Crippen LogP contribution is -2.14. The van der Waals surface area contributed by atoms with E-state index in [0.29, 0.717) is 22.7 Å². The Morgan fingerprint density at radius 2 is 1.79 bits per heavy atom. The van der Waals surface area contributed by atoms with Crippen molar-refractivity contribution in [1.82, 2.24) is 9.78 Å². The third-order valence-electron chi connectivity index (χ3n) is 5.31. The average Bonchev–Trinajstić information content (AvgIpc) is 3.22. The number of rotatable bonds is 6. The highest BCUT2D eigenvalue weighted by atomic mass is 16.5. The van der Waals surface area contributed by atoms with Crippen LogP contribution < -0.4 is 20.5 Å². The Balaban J connectivity index is 1.66. The first kappa shape index (κ1) is 21.9. The number of primary amides is 1. The zero-order chi connectivity index (χ0) is 23.4. The summed E-state index contributed by atoms with van der Waals surface area (Å²) >= 11 is 0. The van der Waals surface area contributed by atoms with Crippen molar-refractivity contribution in [3.8, 4) is 11.5 Å². The second-order valence-electron chi connectivity index (χ2n) is 7.42. The van der Waals surface area contributed by atoms with Crippen LogP contribution in [0.5, 0.6) is 11.5 Å². The Morgan fingerprint density at radius 3 is 2.48 bits per heavy atom. The van der Waals surface area contributed by atoms with Gasteiger partial charge in [-0.1, -0.05) is 12.2 Å². The number of nitrogens with two attached hydrogens (primary N) is 1. The van der Waals surface area contributed by atoms with Crippen molar-refractivity contribution in [1.29, 1.82) is 0 Å². The van der Waals surface area contributed by atoms with Crippen LogP contribution in [-0.4, -0.2) is 35.8 Å². The molecular weight excluding hydrogens is 420 g/mol. The summed E-state index contributed by atoms with van der Waals surface area (Å²) in [5, 5.41) is 7.42. The van der Waals surface area contributed by atoms with Crippen LogP contribution >= 0.6 is 0 Å². The number of hydrogen-bond donors (Lipinski definition) is 2. The number of nitrogens with zero attached hydrogens (tertiary/aromatic N) is 2. The summed E-state index contributed by atoms with van der Waals surface area (Å²) < 4.78 is 12.6. The van der Waals surface area contributed by atoms with Gasteiger partial charge in [0.2, 0.25) is 5.91 Å². The number of ether oxygens (including phenoxy) is 2. The zero-order valence-corrected chi connectivity index (χ0v) is 18.4. The molecule has 0 unspecified atom stereocenters. The fourth-order valence-electron chi connectivity index (χ4n) is 3.60. The Morgan fingerprint density at radius 1 is 1.03 bits per heavy atom. The number of fused-ring (bicyclic) bond motifs is 1. The van der Waals surface area contributed by atoms with Gasteiger partial charge in [-0.15, -0.1) is 0 Å². The maximum absolute atomic E-state index is 12.9. The van der Waals surface area contributed by atoms with Gasteiger partial charge in [-0.2, -0.15) is 5.10 Å². The lowest BCUT2D eigenvalue weighted by Gasteiger charge is -2.15. The lowest BCUT2D eigenvalue weighted by molar-refractivity contribution is 0.0997. The van der Waals surface area contributed by atoms with Crippen molar-refractivity contribution >= 4 is 23.2 Å². The van der Waals surface area contributed by atoms with Crippen LogP contribution in [0.2, 0.25) is 0 Å². The minimum atomic E-state index is -0.523. The number of carbonyl (C=O) groups is 2. The van der Waals surface area contributed by atoms with E-state index in [0.717, 1.165) is 29.8 Å². The van der Waals surface area contributed by atoms with Gasteiger partial charge in [-0.3, -0.25) is 9.59 Å². The number of allylic oxidation sites excluding steroid dienone is 3. The molecule has 168 valence electrons. The SMILES string of the molecule is COc1ccc(/C2=C/C=C\CCc3cc(C(=O)Nc4ccc(C(N)=O)cc4)nn32)cc1OC. The maximum Gasteiger partial charge on any atom is 0.276 e. The van der Waals surface area contributed by atoms with Crippen LogP contribution in [0.1, 0.15) is 38.5 Å². The van der Waals surface area contributed by atoms with Gasteiger partial charge in [0.05, 0.1) is 19.9 Å². The predicted octanol–water partition coefficient (Wildman–Crippen LogP) is 3.64. The van der Waals surface area contributed by atoms with Crippen LogP contribution in [0, 0.1) is 0 Å². The van der Waals surface area contributed by atoms with Gasteiger partial charge in [0, 0.05) is 22.5 Å². The number of aryl methyl sites for hydroxylation is 1.